The second-order valence-corrected chi connectivity index (χ2v) is 8.33. The van der Waals surface area contributed by atoms with Crippen molar-refractivity contribution in [2.75, 3.05) is 39.4 Å². The van der Waals surface area contributed by atoms with Gasteiger partial charge in [0.05, 0.1) is 0 Å². The highest BCUT2D eigenvalue weighted by atomic mass is 16.5. The molecule has 0 radical (unpaired) electrons. The van der Waals surface area contributed by atoms with E-state index in [1.165, 1.54) is 32.7 Å². The molecule has 4 aromatic rings. The van der Waals surface area contributed by atoms with Crippen LogP contribution in [-0.2, 0) is 13.1 Å². The number of hydrogen-bond donors (Lipinski definition) is 3. The van der Waals surface area contributed by atoms with E-state index in [-0.39, 0.29) is 0 Å². The van der Waals surface area contributed by atoms with Crippen LogP contribution in [0.4, 0.5) is 0 Å². The maximum absolute atomic E-state index is 6.23. The van der Waals surface area contributed by atoms with Crippen molar-refractivity contribution in [2.45, 2.75) is 13.1 Å². The Hall–Kier alpha value is -3.12. The van der Waals surface area contributed by atoms with Crippen LogP contribution >= 0.6 is 0 Å². The van der Waals surface area contributed by atoms with Crippen molar-refractivity contribution in [3.63, 3.8) is 0 Å². The van der Waals surface area contributed by atoms with Crippen molar-refractivity contribution < 1.29 is 9.47 Å². The van der Waals surface area contributed by atoms with E-state index in [2.05, 4.69) is 88.7 Å². The minimum atomic E-state index is 0.493. The van der Waals surface area contributed by atoms with Crippen LogP contribution in [0.2, 0.25) is 0 Å². The number of hydrogen-bond acceptors (Lipinski definition) is 5. The lowest BCUT2D eigenvalue weighted by atomic mass is 10.0. The van der Waals surface area contributed by atoms with E-state index < -0.39 is 0 Å². The molecule has 5 heteroatoms. The molecule has 0 saturated carbocycles. The minimum absolute atomic E-state index is 0.493. The summed E-state index contributed by atoms with van der Waals surface area (Å²) in [6.07, 6.45) is 0. The van der Waals surface area contributed by atoms with Crippen LogP contribution in [-0.4, -0.2) is 39.4 Å². The fourth-order valence-corrected chi connectivity index (χ4v) is 4.48. The lowest BCUT2D eigenvalue weighted by Crippen LogP contribution is -2.32. The van der Waals surface area contributed by atoms with E-state index in [0.717, 1.165) is 50.8 Å². The Morgan fingerprint density at radius 3 is 1.45 bits per heavy atom. The summed E-state index contributed by atoms with van der Waals surface area (Å²) >= 11 is 0. The topological polar surface area (TPSA) is 54.6 Å². The molecule has 1 heterocycles. The van der Waals surface area contributed by atoms with Gasteiger partial charge in [0, 0.05) is 50.4 Å². The molecule has 4 aromatic carbocycles. The molecule has 3 N–H and O–H groups in total. The predicted octanol–water partition coefficient (Wildman–Crippen LogP) is 4.23. The predicted molar refractivity (Wildman–Crippen MR) is 135 cm³/mol. The summed E-state index contributed by atoms with van der Waals surface area (Å²) in [4.78, 5) is 0. The van der Waals surface area contributed by atoms with Gasteiger partial charge in [-0.15, -0.1) is 0 Å². The Morgan fingerprint density at radius 1 is 0.485 bits per heavy atom. The van der Waals surface area contributed by atoms with E-state index in [4.69, 9.17) is 9.47 Å². The Bertz CT molecular complexity index is 1130. The average Bonchev–Trinajstić information content (AvgIpc) is 2.86. The largest absolute Gasteiger partial charge is 0.490 e. The van der Waals surface area contributed by atoms with Crippen molar-refractivity contribution >= 4 is 21.5 Å². The maximum atomic E-state index is 6.23. The van der Waals surface area contributed by atoms with Gasteiger partial charge in [0.2, 0.25) is 0 Å². The Kier molecular flexibility index (Phi) is 7.02. The molecule has 0 atom stereocenters. The van der Waals surface area contributed by atoms with Gasteiger partial charge in [-0.05, 0) is 33.7 Å². The van der Waals surface area contributed by atoms with Crippen LogP contribution < -0.4 is 25.4 Å². The third-order valence-electron chi connectivity index (χ3n) is 6.15. The highest BCUT2D eigenvalue weighted by molar-refractivity contribution is 5.88. The maximum Gasteiger partial charge on any atom is 0.124 e. The Morgan fingerprint density at radius 2 is 0.939 bits per heavy atom. The molecule has 33 heavy (non-hydrogen) atoms. The molecule has 0 unspecified atom stereocenters. The number of ether oxygens (including phenoxy) is 2. The zero-order valence-electron chi connectivity index (χ0n) is 18.9. The average molecular weight is 442 g/mol. The molecule has 0 bridgehead atoms. The van der Waals surface area contributed by atoms with E-state index in [0.29, 0.717) is 13.2 Å². The molecule has 1 aliphatic rings. The summed E-state index contributed by atoms with van der Waals surface area (Å²) in [5, 5.41) is 15.6. The summed E-state index contributed by atoms with van der Waals surface area (Å²) in [5.41, 5.74) is 2.40. The Labute approximate surface area is 195 Å². The number of nitrogens with one attached hydrogen (secondary N) is 3. The summed E-state index contributed by atoms with van der Waals surface area (Å²) in [6.45, 7) is 6.17. The molecule has 0 aliphatic carbocycles. The molecule has 0 fully saturated rings. The number of benzene rings is 4. The second-order valence-electron chi connectivity index (χ2n) is 8.33. The zero-order chi connectivity index (χ0) is 22.3. The van der Waals surface area contributed by atoms with Gasteiger partial charge in [0.1, 0.15) is 24.7 Å². The van der Waals surface area contributed by atoms with Crippen molar-refractivity contribution in [2.24, 2.45) is 0 Å². The van der Waals surface area contributed by atoms with Crippen LogP contribution in [0, 0.1) is 0 Å². The third-order valence-corrected chi connectivity index (χ3v) is 6.15. The van der Waals surface area contributed by atoms with E-state index >= 15 is 0 Å². The first-order valence-electron chi connectivity index (χ1n) is 11.8. The molecule has 0 saturated heterocycles. The first-order valence-corrected chi connectivity index (χ1v) is 11.8. The molecule has 0 aromatic heterocycles. The van der Waals surface area contributed by atoms with Crippen LogP contribution in [0.15, 0.2) is 72.8 Å². The highest BCUT2D eigenvalue weighted by Gasteiger charge is 2.11. The van der Waals surface area contributed by atoms with Gasteiger partial charge in [-0.2, -0.15) is 0 Å². The zero-order valence-corrected chi connectivity index (χ0v) is 18.9. The van der Waals surface area contributed by atoms with Gasteiger partial charge in [-0.25, -0.2) is 0 Å². The summed E-state index contributed by atoms with van der Waals surface area (Å²) in [7, 11) is 0. The first kappa shape index (κ1) is 21.7. The second kappa shape index (κ2) is 10.7. The van der Waals surface area contributed by atoms with E-state index in [9.17, 15) is 0 Å². The van der Waals surface area contributed by atoms with Gasteiger partial charge < -0.3 is 25.4 Å². The van der Waals surface area contributed by atoms with Crippen LogP contribution in [0.3, 0.4) is 0 Å². The van der Waals surface area contributed by atoms with Crippen molar-refractivity contribution in [3.05, 3.63) is 83.9 Å². The first-order chi connectivity index (χ1) is 16.4. The lowest BCUT2D eigenvalue weighted by molar-refractivity contribution is 0.215. The van der Waals surface area contributed by atoms with Crippen molar-refractivity contribution in [1.29, 1.82) is 0 Å². The fraction of sp³-hybridized carbons (Fsp3) is 0.286. The monoisotopic (exact) mass is 441 g/mol. The lowest BCUT2D eigenvalue weighted by Gasteiger charge is -2.17. The molecule has 1 aliphatic heterocycles. The van der Waals surface area contributed by atoms with Crippen molar-refractivity contribution in [1.82, 2.24) is 16.0 Å². The van der Waals surface area contributed by atoms with Gasteiger partial charge >= 0.3 is 0 Å². The van der Waals surface area contributed by atoms with Gasteiger partial charge in [0.15, 0.2) is 0 Å². The van der Waals surface area contributed by atoms with Crippen LogP contribution in [0.25, 0.3) is 21.5 Å². The summed E-state index contributed by atoms with van der Waals surface area (Å²) < 4.78 is 12.5. The van der Waals surface area contributed by atoms with Gasteiger partial charge in [-0.1, -0.05) is 60.7 Å². The van der Waals surface area contributed by atoms with Gasteiger partial charge in [-0.3, -0.25) is 0 Å². The summed E-state index contributed by atoms with van der Waals surface area (Å²) in [5.74, 6) is 1.84. The SMILES string of the molecule is c1ccc2c3c(ccc2c1)OCCOc1ccc2ccccc2c1CNCCNCCNC3. The standard InChI is InChI=1S/C28H31N3O2/c1-3-7-23-21(5-1)9-11-27-25(23)19-30-15-13-29-14-16-31-20-26-24-8-4-2-6-22(24)10-12-28(26)33-18-17-32-27/h1-12,29-31H,13-20H2. The fourth-order valence-electron chi connectivity index (χ4n) is 4.48. The van der Waals surface area contributed by atoms with Crippen LogP contribution in [0.1, 0.15) is 11.1 Å². The van der Waals surface area contributed by atoms with Gasteiger partial charge in [0.25, 0.3) is 0 Å². The molecule has 5 rings (SSSR count). The van der Waals surface area contributed by atoms with Crippen molar-refractivity contribution in [3.8, 4) is 11.5 Å². The summed E-state index contributed by atoms with van der Waals surface area (Å²) in [6, 6.07) is 25.4. The third kappa shape index (κ3) is 5.11. The normalized spacial score (nSPS) is 16.2. The quantitative estimate of drug-likeness (QED) is 0.381. The Balaban J connectivity index is 1.40. The molecule has 170 valence electrons. The molecular formula is C28H31N3O2. The minimum Gasteiger partial charge on any atom is -0.490 e. The number of fused-ring (bicyclic) bond motifs is 6. The van der Waals surface area contributed by atoms with E-state index in [1.54, 1.807) is 0 Å². The van der Waals surface area contributed by atoms with E-state index in [1.807, 2.05) is 0 Å². The molecule has 0 amide bonds. The molecule has 0 spiro atoms. The highest BCUT2D eigenvalue weighted by Crippen LogP contribution is 2.30. The molecular weight excluding hydrogens is 410 g/mol. The van der Waals surface area contributed by atoms with Crippen LogP contribution in [0.5, 0.6) is 11.5 Å². The smallest absolute Gasteiger partial charge is 0.124 e. The number of rotatable bonds is 0. The molecule has 5 nitrogen and oxygen atoms in total.